The van der Waals surface area contributed by atoms with Crippen LogP contribution in [-0.4, -0.2) is 19.9 Å². The zero-order valence-corrected chi connectivity index (χ0v) is 11.9. The fourth-order valence-electron chi connectivity index (χ4n) is 1.99. The van der Waals surface area contributed by atoms with Gasteiger partial charge in [-0.25, -0.2) is 4.98 Å². The first-order chi connectivity index (χ1) is 9.24. The number of nitrogens with zero attached hydrogens (tertiary/aromatic N) is 3. The van der Waals surface area contributed by atoms with Gasteiger partial charge in [-0.15, -0.1) is 0 Å². The molecule has 0 saturated carbocycles. The number of thiazole rings is 1. The van der Waals surface area contributed by atoms with Crippen molar-refractivity contribution in [3.05, 3.63) is 40.7 Å². The molecule has 0 fully saturated rings. The van der Waals surface area contributed by atoms with E-state index >= 15 is 0 Å². The third-order valence-electron chi connectivity index (χ3n) is 2.96. The number of halogens is 1. The Morgan fingerprint density at radius 2 is 2.16 bits per heavy atom. The van der Waals surface area contributed by atoms with Gasteiger partial charge in [0, 0.05) is 5.56 Å². The molecule has 19 heavy (non-hydrogen) atoms. The zero-order chi connectivity index (χ0) is 13.4. The molecule has 0 spiro atoms. The zero-order valence-electron chi connectivity index (χ0n) is 10.3. The molecule has 0 aliphatic rings. The molecule has 98 valence electrons. The second kappa shape index (κ2) is 4.92. The predicted molar refractivity (Wildman–Crippen MR) is 77.1 cm³/mol. The molecule has 3 aromatic rings. The normalized spacial score (nSPS) is 11.3. The molecule has 0 radical (unpaired) electrons. The Balaban J connectivity index is 2.18. The van der Waals surface area contributed by atoms with Crippen LogP contribution in [-0.2, 0) is 13.0 Å². The number of para-hydroxylation sites is 1. The van der Waals surface area contributed by atoms with E-state index in [0.717, 1.165) is 27.5 Å². The Hall–Kier alpha value is -1.43. The first kappa shape index (κ1) is 12.6. The van der Waals surface area contributed by atoms with Gasteiger partial charge in [-0.2, -0.15) is 9.78 Å². The van der Waals surface area contributed by atoms with Crippen LogP contribution >= 0.6 is 22.9 Å². The molecule has 0 bridgehead atoms. The third kappa shape index (κ3) is 2.04. The maximum Gasteiger partial charge on any atom is 0.212 e. The van der Waals surface area contributed by atoms with Crippen molar-refractivity contribution in [1.82, 2.24) is 14.8 Å². The topological polar surface area (TPSA) is 50.9 Å². The SMILES string of the molecule is CCc1nn(-c2nc3ccccc3s2)c(Cl)c1CO. The highest BCUT2D eigenvalue weighted by Gasteiger charge is 2.17. The van der Waals surface area contributed by atoms with Crippen molar-refractivity contribution in [3.8, 4) is 5.13 Å². The molecule has 0 unspecified atom stereocenters. The highest BCUT2D eigenvalue weighted by atomic mass is 35.5. The van der Waals surface area contributed by atoms with Crippen LogP contribution in [0.25, 0.3) is 15.3 Å². The van der Waals surface area contributed by atoms with E-state index in [0.29, 0.717) is 10.7 Å². The largest absolute Gasteiger partial charge is 0.391 e. The quantitative estimate of drug-likeness (QED) is 0.807. The average molecular weight is 294 g/mol. The Kier molecular flexibility index (Phi) is 3.26. The number of aromatic nitrogens is 3. The van der Waals surface area contributed by atoms with Gasteiger partial charge in [0.15, 0.2) is 0 Å². The van der Waals surface area contributed by atoms with Crippen molar-refractivity contribution >= 4 is 33.2 Å². The van der Waals surface area contributed by atoms with Crippen LogP contribution < -0.4 is 0 Å². The van der Waals surface area contributed by atoms with E-state index in [-0.39, 0.29) is 6.61 Å². The van der Waals surface area contributed by atoms with E-state index in [9.17, 15) is 5.11 Å². The lowest BCUT2D eigenvalue weighted by molar-refractivity contribution is 0.281. The molecule has 0 aliphatic heterocycles. The molecular formula is C13H12ClN3OS. The molecular weight excluding hydrogens is 282 g/mol. The van der Waals surface area contributed by atoms with E-state index in [2.05, 4.69) is 10.1 Å². The monoisotopic (exact) mass is 293 g/mol. The van der Waals surface area contributed by atoms with Gasteiger partial charge in [0.05, 0.1) is 22.5 Å². The van der Waals surface area contributed by atoms with Gasteiger partial charge in [-0.3, -0.25) is 0 Å². The lowest BCUT2D eigenvalue weighted by Gasteiger charge is -1.96. The number of benzene rings is 1. The Bertz CT molecular complexity index is 702. The van der Waals surface area contributed by atoms with Crippen LogP contribution in [0.15, 0.2) is 24.3 Å². The first-order valence-electron chi connectivity index (χ1n) is 5.97. The summed E-state index contributed by atoms with van der Waals surface area (Å²) < 4.78 is 2.70. The minimum atomic E-state index is -0.104. The van der Waals surface area contributed by atoms with Crippen LogP contribution in [0.5, 0.6) is 0 Å². The van der Waals surface area contributed by atoms with E-state index in [4.69, 9.17) is 11.6 Å². The second-order valence-corrected chi connectivity index (χ2v) is 5.47. The lowest BCUT2D eigenvalue weighted by atomic mass is 10.2. The lowest BCUT2D eigenvalue weighted by Crippen LogP contribution is -1.96. The van der Waals surface area contributed by atoms with Crippen molar-refractivity contribution in [2.75, 3.05) is 0 Å². The fraction of sp³-hybridized carbons (Fsp3) is 0.231. The van der Waals surface area contributed by atoms with E-state index in [1.54, 1.807) is 4.68 Å². The molecule has 0 saturated heterocycles. The predicted octanol–water partition coefficient (Wildman–Crippen LogP) is 3.19. The highest BCUT2D eigenvalue weighted by Crippen LogP contribution is 2.29. The van der Waals surface area contributed by atoms with Gasteiger partial charge in [-0.05, 0) is 18.6 Å². The average Bonchev–Trinajstić information content (AvgIpc) is 2.98. The second-order valence-electron chi connectivity index (χ2n) is 4.10. The van der Waals surface area contributed by atoms with Gasteiger partial charge < -0.3 is 5.11 Å². The molecule has 2 heterocycles. The van der Waals surface area contributed by atoms with Crippen molar-refractivity contribution in [3.63, 3.8) is 0 Å². The maximum absolute atomic E-state index is 9.38. The summed E-state index contributed by atoms with van der Waals surface area (Å²) in [5.41, 5.74) is 2.42. The van der Waals surface area contributed by atoms with Crippen molar-refractivity contribution < 1.29 is 5.11 Å². The summed E-state index contributed by atoms with van der Waals surface area (Å²) in [7, 11) is 0. The van der Waals surface area contributed by atoms with Crippen LogP contribution in [0, 0.1) is 0 Å². The molecule has 0 amide bonds. The van der Waals surface area contributed by atoms with E-state index < -0.39 is 0 Å². The van der Waals surface area contributed by atoms with Crippen LogP contribution in [0.3, 0.4) is 0 Å². The number of hydrogen-bond donors (Lipinski definition) is 1. The van der Waals surface area contributed by atoms with Crippen LogP contribution in [0.2, 0.25) is 5.15 Å². The number of rotatable bonds is 3. The summed E-state index contributed by atoms with van der Waals surface area (Å²) in [6.45, 7) is 1.88. The van der Waals surface area contributed by atoms with Gasteiger partial charge in [0.2, 0.25) is 5.13 Å². The molecule has 4 nitrogen and oxygen atoms in total. The number of aliphatic hydroxyl groups is 1. The fourth-order valence-corrected chi connectivity index (χ4v) is 3.25. The molecule has 1 N–H and O–H groups in total. The van der Waals surface area contributed by atoms with Crippen molar-refractivity contribution in [1.29, 1.82) is 0 Å². The third-order valence-corrected chi connectivity index (χ3v) is 4.36. The Morgan fingerprint density at radius 3 is 2.79 bits per heavy atom. The molecule has 6 heteroatoms. The highest BCUT2D eigenvalue weighted by molar-refractivity contribution is 7.20. The summed E-state index contributed by atoms with van der Waals surface area (Å²) in [6, 6.07) is 7.90. The molecule has 3 rings (SSSR count). The molecule has 0 atom stereocenters. The smallest absolute Gasteiger partial charge is 0.212 e. The van der Waals surface area contributed by atoms with Crippen molar-refractivity contribution in [2.45, 2.75) is 20.0 Å². The summed E-state index contributed by atoms with van der Waals surface area (Å²) in [6.07, 6.45) is 0.730. The van der Waals surface area contributed by atoms with Gasteiger partial charge in [-0.1, -0.05) is 42.0 Å². The van der Waals surface area contributed by atoms with Crippen LogP contribution in [0.1, 0.15) is 18.2 Å². The number of aryl methyl sites for hydroxylation is 1. The number of fused-ring (bicyclic) bond motifs is 1. The first-order valence-corrected chi connectivity index (χ1v) is 7.17. The molecule has 2 aromatic heterocycles. The maximum atomic E-state index is 9.38. The summed E-state index contributed by atoms with van der Waals surface area (Å²) in [5, 5.41) is 15.0. The van der Waals surface area contributed by atoms with E-state index in [1.165, 1.54) is 11.3 Å². The Morgan fingerprint density at radius 1 is 1.37 bits per heavy atom. The van der Waals surface area contributed by atoms with Gasteiger partial charge in [0.25, 0.3) is 0 Å². The Labute approximate surface area is 119 Å². The summed E-state index contributed by atoms with van der Waals surface area (Å²) in [5.74, 6) is 0. The standard InChI is InChI=1S/C13H12ClN3OS/c1-2-9-8(7-18)12(14)17(16-9)13-15-10-5-3-4-6-11(10)19-13/h3-6,18H,2,7H2,1H3. The number of hydrogen-bond acceptors (Lipinski definition) is 4. The van der Waals surface area contributed by atoms with Crippen LogP contribution in [0.4, 0.5) is 0 Å². The van der Waals surface area contributed by atoms with Gasteiger partial charge >= 0.3 is 0 Å². The minimum absolute atomic E-state index is 0.104. The molecule has 0 aliphatic carbocycles. The number of aliphatic hydroxyl groups excluding tert-OH is 1. The van der Waals surface area contributed by atoms with Gasteiger partial charge in [0.1, 0.15) is 5.15 Å². The minimum Gasteiger partial charge on any atom is -0.391 e. The van der Waals surface area contributed by atoms with Crippen molar-refractivity contribution in [2.24, 2.45) is 0 Å². The van der Waals surface area contributed by atoms with E-state index in [1.807, 2.05) is 31.2 Å². The summed E-state index contributed by atoms with van der Waals surface area (Å²) >= 11 is 7.81. The molecule has 1 aromatic carbocycles. The summed E-state index contributed by atoms with van der Waals surface area (Å²) in [4.78, 5) is 4.52.